The van der Waals surface area contributed by atoms with Gasteiger partial charge in [0.15, 0.2) is 11.5 Å². The molecule has 0 radical (unpaired) electrons. The van der Waals surface area contributed by atoms with E-state index in [4.69, 9.17) is 11.6 Å². The van der Waals surface area contributed by atoms with E-state index >= 15 is 0 Å². The first-order valence-electron chi connectivity index (χ1n) is 8.59. The molecule has 7 heteroatoms. The summed E-state index contributed by atoms with van der Waals surface area (Å²) in [6.45, 7) is 1.13. The van der Waals surface area contributed by atoms with Crippen molar-refractivity contribution in [2.75, 3.05) is 18.5 Å². The highest BCUT2D eigenvalue weighted by molar-refractivity contribution is 6.31. The van der Waals surface area contributed by atoms with Crippen LogP contribution in [0.4, 0.5) is 5.82 Å². The molecular weight excluding hydrogens is 362 g/mol. The Bertz CT molecular complexity index is 886. The molecule has 3 aromatic rings. The Morgan fingerprint density at radius 1 is 1.07 bits per heavy atom. The second kappa shape index (κ2) is 9.09. The molecule has 27 heavy (non-hydrogen) atoms. The van der Waals surface area contributed by atoms with Crippen LogP contribution < -0.4 is 10.2 Å². The third kappa shape index (κ3) is 5.24. The number of halogens is 1. The zero-order valence-corrected chi connectivity index (χ0v) is 15.7. The van der Waals surface area contributed by atoms with E-state index in [0.717, 1.165) is 18.5 Å². The number of anilines is 1. The van der Waals surface area contributed by atoms with Gasteiger partial charge in [0.05, 0.1) is 0 Å². The summed E-state index contributed by atoms with van der Waals surface area (Å²) in [5.41, 5.74) is 2.33. The van der Waals surface area contributed by atoms with Crippen molar-refractivity contribution in [3.05, 3.63) is 82.8 Å². The monoisotopic (exact) mass is 381 g/mol. The van der Waals surface area contributed by atoms with E-state index in [1.807, 2.05) is 42.3 Å². The van der Waals surface area contributed by atoms with Crippen LogP contribution in [0.25, 0.3) is 0 Å². The molecule has 0 unspecified atom stereocenters. The average Bonchev–Trinajstić information content (AvgIpc) is 2.72. The van der Waals surface area contributed by atoms with Crippen LogP contribution in [0.1, 0.15) is 21.6 Å². The molecule has 1 amide bonds. The van der Waals surface area contributed by atoms with Gasteiger partial charge in [0.1, 0.15) is 0 Å². The minimum Gasteiger partial charge on any atom is -0.358 e. The van der Waals surface area contributed by atoms with Crippen molar-refractivity contribution in [1.29, 1.82) is 0 Å². The van der Waals surface area contributed by atoms with E-state index in [1.165, 1.54) is 5.56 Å². The van der Waals surface area contributed by atoms with E-state index in [-0.39, 0.29) is 11.6 Å². The van der Waals surface area contributed by atoms with E-state index in [2.05, 4.69) is 20.5 Å². The maximum atomic E-state index is 12.2. The lowest BCUT2D eigenvalue weighted by molar-refractivity contribution is 0.0945. The quantitative estimate of drug-likeness (QED) is 0.680. The molecule has 0 atom stereocenters. The molecule has 1 aromatic carbocycles. The molecule has 2 aromatic heterocycles. The maximum absolute atomic E-state index is 12.2. The molecule has 0 saturated carbocycles. The fourth-order valence-corrected chi connectivity index (χ4v) is 2.72. The highest BCUT2D eigenvalue weighted by Crippen LogP contribution is 2.14. The Morgan fingerprint density at radius 3 is 2.56 bits per heavy atom. The Balaban J connectivity index is 1.54. The fourth-order valence-electron chi connectivity index (χ4n) is 2.52. The number of hydrogen-bond acceptors (Lipinski definition) is 5. The molecule has 0 fully saturated rings. The lowest BCUT2D eigenvalue weighted by atomic mass is 10.2. The predicted octanol–water partition coefficient (Wildman–Crippen LogP) is 3.13. The number of aromatic nitrogens is 3. The summed E-state index contributed by atoms with van der Waals surface area (Å²) >= 11 is 6.10. The molecular formula is C20H20ClN5O. The average molecular weight is 382 g/mol. The molecule has 0 aliphatic rings. The first kappa shape index (κ1) is 18.8. The number of pyridine rings is 1. The summed E-state index contributed by atoms with van der Waals surface area (Å²) in [4.78, 5) is 18.3. The van der Waals surface area contributed by atoms with Gasteiger partial charge in [0.2, 0.25) is 0 Å². The van der Waals surface area contributed by atoms with Crippen molar-refractivity contribution in [1.82, 2.24) is 20.5 Å². The standard InChI is InChI=1S/C20H20ClN5O/c1-26(13-10-15-8-11-22-12-9-15)19-7-6-18(24-25-19)20(27)23-14-16-4-2-3-5-17(16)21/h2-9,11-12H,10,13-14H2,1H3,(H,23,27). The number of carbonyl (C=O) groups excluding carboxylic acids is 1. The van der Waals surface area contributed by atoms with Crippen LogP contribution in [0.15, 0.2) is 60.9 Å². The van der Waals surface area contributed by atoms with Gasteiger partial charge >= 0.3 is 0 Å². The number of amides is 1. The zero-order valence-electron chi connectivity index (χ0n) is 15.0. The molecule has 0 bridgehead atoms. The van der Waals surface area contributed by atoms with Crippen LogP contribution >= 0.6 is 11.6 Å². The van der Waals surface area contributed by atoms with Crippen LogP contribution in [0.3, 0.4) is 0 Å². The SMILES string of the molecule is CN(CCc1ccncc1)c1ccc(C(=O)NCc2ccccc2Cl)nn1. The number of hydrogen-bond donors (Lipinski definition) is 1. The van der Waals surface area contributed by atoms with Crippen LogP contribution in [0.5, 0.6) is 0 Å². The molecule has 0 aliphatic heterocycles. The van der Waals surface area contributed by atoms with Gasteiger partial charge in [0.25, 0.3) is 5.91 Å². The molecule has 6 nitrogen and oxygen atoms in total. The van der Waals surface area contributed by atoms with Gasteiger partial charge in [0, 0.05) is 37.6 Å². The van der Waals surface area contributed by atoms with Crippen molar-refractivity contribution in [3.63, 3.8) is 0 Å². The van der Waals surface area contributed by atoms with E-state index < -0.39 is 0 Å². The molecule has 0 spiro atoms. The van der Waals surface area contributed by atoms with Crippen molar-refractivity contribution >= 4 is 23.3 Å². The number of nitrogens with zero attached hydrogens (tertiary/aromatic N) is 4. The van der Waals surface area contributed by atoms with Crippen LogP contribution in [-0.4, -0.2) is 34.7 Å². The topological polar surface area (TPSA) is 71.0 Å². The Kier molecular flexibility index (Phi) is 6.33. The lowest BCUT2D eigenvalue weighted by Crippen LogP contribution is -2.25. The van der Waals surface area contributed by atoms with Crippen molar-refractivity contribution < 1.29 is 4.79 Å². The first-order valence-corrected chi connectivity index (χ1v) is 8.96. The molecule has 2 heterocycles. The van der Waals surface area contributed by atoms with E-state index in [9.17, 15) is 4.79 Å². The normalized spacial score (nSPS) is 10.4. The number of benzene rings is 1. The second-order valence-corrected chi connectivity index (χ2v) is 6.49. The molecule has 0 saturated heterocycles. The predicted molar refractivity (Wildman–Crippen MR) is 106 cm³/mol. The number of likely N-dealkylation sites (N-methyl/N-ethyl adjacent to an activating group) is 1. The van der Waals surface area contributed by atoms with E-state index in [1.54, 1.807) is 30.6 Å². The summed E-state index contributed by atoms with van der Waals surface area (Å²) in [5, 5.41) is 11.6. The Morgan fingerprint density at radius 2 is 1.85 bits per heavy atom. The molecule has 0 aliphatic carbocycles. The summed E-state index contributed by atoms with van der Waals surface area (Å²) in [7, 11) is 1.95. The van der Waals surface area contributed by atoms with Crippen molar-refractivity contribution in [2.24, 2.45) is 0 Å². The summed E-state index contributed by atoms with van der Waals surface area (Å²) in [6, 6.07) is 14.8. The van der Waals surface area contributed by atoms with Gasteiger partial charge < -0.3 is 10.2 Å². The van der Waals surface area contributed by atoms with Crippen molar-refractivity contribution in [3.8, 4) is 0 Å². The molecule has 1 N–H and O–H groups in total. The lowest BCUT2D eigenvalue weighted by Gasteiger charge is -2.17. The van der Waals surface area contributed by atoms with Crippen LogP contribution in [-0.2, 0) is 13.0 Å². The van der Waals surface area contributed by atoms with Gasteiger partial charge in [-0.05, 0) is 47.9 Å². The third-order valence-corrected chi connectivity index (χ3v) is 4.53. The fraction of sp³-hybridized carbons (Fsp3) is 0.200. The van der Waals surface area contributed by atoms with Crippen LogP contribution in [0.2, 0.25) is 5.02 Å². The smallest absolute Gasteiger partial charge is 0.272 e. The van der Waals surface area contributed by atoms with Gasteiger partial charge in [-0.25, -0.2) is 0 Å². The number of nitrogens with one attached hydrogen (secondary N) is 1. The van der Waals surface area contributed by atoms with Gasteiger partial charge in [-0.1, -0.05) is 29.8 Å². The summed E-state index contributed by atoms with van der Waals surface area (Å²) < 4.78 is 0. The van der Waals surface area contributed by atoms with Gasteiger partial charge in [-0.2, -0.15) is 0 Å². The molecule has 3 rings (SSSR count). The Hall–Kier alpha value is -2.99. The van der Waals surface area contributed by atoms with Crippen molar-refractivity contribution in [2.45, 2.75) is 13.0 Å². The van der Waals surface area contributed by atoms with Gasteiger partial charge in [-0.15, -0.1) is 10.2 Å². The number of rotatable bonds is 7. The minimum absolute atomic E-state index is 0.272. The van der Waals surface area contributed by atoms with E-state index in [0.29, 0.717) is 17.4 Å². The largest absolute Gasteiger partial charge is 0.358 e. The second-order valence-electron chi connectivity index (χ2n) is 6.08. The highest BCUT2D eigenvalue weighted by Gasteiger charge is 2.10. The zero-order chi connectivity index (χ0) is 19.1. The highest BCUT2D eigenvalue weighted by atomic mass is 35.5. The molecule has 138 valence electrons. The summed E-state index contributed by atoms with van der Waals surface area (Å²) in [5.74, 6) is 0.431. The Labute approximate surface area is 163 Å². The number of carbonyl (C=O) groups is 1. The van der Waals surface area contributed by atoms with Crippen LogP contribution in [0, 0.1) is 0 Å². The van der Waals surface area contributed by atoms with Gasteiger partial charge in [-0.3, -0.25) is 9.78 Å². The maximum Gasteiger partial charge on any atom is 0.272 e. The first-order chi connectivity index (χ1) is 13.1. The summed E-state index contributed by atoms with van der Waals surface area (Å²) in [6.07, 6.45) is 4.44. The third-order valence-electron chi connectivity index (χ3n) is 4.16. The minimum atomic E-state index is -0.284.